The van der Waals surface area contributed by atoms with Crippen molar-refractivity contribution in [2.75, 3.05) is 13.6 Å². The third-order valence-electron chi connectivity index (χ3n) is 2.92. The highest BCUT2D eigenvalue weighted by Gasteiger charge is 2.21. The van der Waals surface area contributed by atoms with Gasteiger partial charge in [-0.05, 0) is 30.4 Å². The average Bonchev–Trinajstić information content (AvgIpc) is 2.23. The number of aliphatic hydroxyl groups excluding tert-OH is 1. The van der Waals surface area contributed by atoms with Gasteiger partial charge in [0.05, 0.1) is 5.76 Å². The van der Waals surface area contributed by atoms with E-state index in [-0.39, 0.29) is 5.41 Å². The first-order chi connectivity index (χ1) is 8.20. The van der Waals surface area contributed by atoms with E-state index in [9.17, 15) is 5.11 Å². The highest BCUT2D eigenvalue weighted by atomic mass is 16.3. The second kappa shape index (κ2) is 7.30. The minimum absolute atomic E-state index is 0.0174. The fraction of sp³-hybridized carbons (Fsp3) is 0.625. The summed E-state index contributed by atoms with van der Waals surface area (Å²) < 4.78 is 0. The smallest absolute Gasteiger partial charge is 0.0891 e. The molecule has 0 saturated heterocycles. The summed E-state index contributed by atoms with van der Waals surface area (Å²) in [5.41, 5.74) is 2.21. The number of hydrogen-bond donors (Lipinski definition) is 1. The van der Waals surface area contributed by atoms with E-state index in [1.165, 1.54) is 12.8 Å². The van der Waals surface area contributed by atoms with Gasteiger partial charge in [0, 0.05) is 19.3 Å². The summed E-state index contributed by atoms with van der Waals surface area (Å²) in [5, 5.41) is 9.30. The number of hydrogen-bond acceptors (Lipinski definition) is 2. The van der Waals surface area contributed by atoms with E-state index in [4.69, 9.17) is 0 Å². The van der Waals surface area contributed by atoms with Crippen molar-refractivity contribution in [3.63, 3.8) is 0 Å². The Balaban J connectivity index is 5.05. The van der Waals surface area contributed by atoms with Crippen LogP contribution >= 0.6 is 0 Å². The Hall–Kier alpha value is -1.18. The predicted octanol–water partition coefficient (Wildman–Crippen LogP) is 4.67. The van der Waals surface area contributed by atoms with Gasteiger partial charge in [-0.25, -0.2) is 0 Å². The molecule has 0 rings (SSSR count). The molecule has 18 heavy (non-hydrogen) atoms. The normalized spacial score (nSPS) is 13.7. The zero-order valence-corrected chi connectivity index (χ0v) is 12.9. The fourth-order valence-electron chi connectivity index (χ4n) is 1.72. The van der Waals surface area contributed by atoms with Crippen LogP contribution in [0.25, 0.3) is 0 Å². The van der Waals surface area contributed by atoms with Gasteiger partial charge in [0.1, 0.15) is 0 Å². The zero-order chi connectivity index (χ0) is 14.3. The largest absolute Gasteiger partial charge is 0.513 e. The van der Waals surface area contributed by atoms with E-state index in [1.54, 1.807) is 13.0 Å². The van der Waals surface area contributed by atoms with Crippen LogP contribution in [-0.4, -0.2) is 23.6 Å². The Morgan fingerprint density at radius 2 is 1.83 bits per heavy atom. The molecule has 104 valence electrons. The summed E-state index contributed by atoms with van der Waals surface area (Å²) in [5.74, 6) is 0.320. The van der Waals surface area contributed by atoms with E-state index in [1.807, 2.05) is 6.08 Å². The molecule has 0 aliphatic carbocycles. The molecule has 0 unspecified atom stereocenters. The Bertz CT molecular complexity index is 327. The lowest BCUT2D eigenvalue weighted by molar-refractivity contribution is 0.385. The molecule has 0 fully saturated rings. The highest BCUT2D eigenvalue weighted by Crippen LogP contribution is 2.32. The minimum Gasteiger partial charge on any atom is -0.513 e. The SMILES string of the molecule is C=C(/C(=C\C=C(/C)O)C(C)(C)C)N(C)CCCC. The molecule has 0 aromatic rings. The maximum Gasteiger partial charge on any atom is 0.0891 e. The molecule has 2 nitrogen and oxygen atoms in total. The summed E-state index contributed by atoms with van der Waals surface area (Å²) in [6.07, 6.45) is 6.06. The Morgan fingerprint density at radius 3 is 2.22 bits per heavy atom. The maximum absolute atomic E-state index is 9.30. The van der Waals surface area contributed by atoms with Gasteiger partial charge in [-0.2, -0.15) is 0 Å². The molecule has 0 aliphatic rings. The van der Waals surface area contributed by atoms with Crippen molar-refractivity contribution in [1.82, 2.24) is 4.90 Å². The molecule has 0 aliphatic heterocycles. The second-order valence-corrected chi connectivity index (χ2v) is 5.86. The van der Waals surface area contributed by atoms with E-state index >= 15 is 0 Å². The molecule has 0 radical (unpaired) electrons. The van der Waals surface area contributed by atoms with Gasteiger partial charge in [0.15, 0.2) is 0 Å². The molecule has 0 atom stereocenters. The second-order valence-electron chi connectivity index (χ2n) is 5.86. The van der Waals surface area contributed by atoms with E-state index in [0.717, 1.165) is 17.8 Å². The fourth-order valence-corrected chi connectivity index (χ4v) is 1.72. The molecule has 0 aromatic carbocycles. The van der Waals surface area contributed by atoms with Crippen molar-refractivity contribution in [3.8, 4) is 0 Å². The van der Waals surface area contributed by atoms with Crippen LogP contribution in [-0.2, 0) is 0 Å². The van der Waals surface area contributed by atoms with Gasteiger partial charge in [0.25, 0.3) is 0 Å². The highest BCUT2D eigenvalue weighted by molar-refractivity contribution is 5.35. The lowest BCUT2D eigenvalue weighted by Crippen LogP contribution is -2.24. The number of aliphatic hydroxyl groups is 1. The van der Waals surface area contributed by atoms with Crippen molar-refractivity contribution in [3.05, 3.63) is 35.8 Å². The zero-order valence-electron chi connectivity index (χ0n) is 12.9. The average molecular weight is 251 g/mol. The molecule has 0 heterocycles. The molecular formula is C16H29NO. The van der Waals surface area contributed by atoms with Crippen LogP contribution in [0, 0.1) is 5.41 Å². The van der Waals surface area contributed by atoms with Gasteiger partial charge < -0.3 is 10.0 Å². The molecule has 0 spiro atoms. The lowest BCUT2D eigenvalue weighted by Gasteiger charge is -2.31. The first kappa shape index (κ1) is 16.8. The summed E-state index contributed by atoms with van der Waals surface area (Å²) >= 11 is 0. The Kier molecular flexibility index (Phi) is 6.82. The predicted molar refractivity (Wildman–Crippen MR) is 80.6 cm³/mol. The van der Waals surface area contributed by atoms with Crippen LogP contribution in [0.3, 0.4) is 0 Å². The maximum atomic E-state index is 9.30. The van der Waals surface area contributed by atoms with E-state index in [2.05, 4.69) is 46.2 Å². The molecule has 0 saturated carbocycles. The summed E-state index contributed by atoms with van der Waals surface area (Å²) in [6.45, 7) is 15.6. The van der Waals surface area contributed by atoms with Crippen molar-refractivity contribution >= 4 is 0 Å². The summed E-state index contributed by atoms with van der Waals surface area (Å²) in [6, 6.07) is 0. The Labute approximate surface area is 113 Å². The third kappa shape index (κ3) is 5.95. The molecule has 0 aromatic heterocycles. The van der Waals surface area contributed by atoms with Crippen LogP contribution in [0.2, 0.25) is 0 Å². The third-order valence-corrected chi connectivity index (χ3v) is 2.92. The van der Waals surface area contributed by atoms with Crippen molar-refractivity contribution in [1.29, 1.82) is 0 Å². The van der Waals surface area contributed by atoms with Crippen LogP contribution < -0.4 is 0 Å². The van der Waals surface area contributed by atoms with Gasteiger partial charge >= 0.3 is 0 Å². The lowest BCUT2D eigenvalue weighted by atomic mass is 9.84. The number of unbranched alkanes of at least 4 members (excludes halogenated alkanes) is 1. The number of allylic oxidation sites excluding steroid dienone is 4. The molecule has 1 N–H and O–H groups in total. The van der Waals surface area contributed by atoms with Crippen molar-refractivity contribution in [2.45, 2.75) is 47.5 Å². The summed E-state index contributed by atoms with van der Waals surface area (Å²) in [4.78, 5) is 2.20. The van der Waals surface area contributed by atoms with E-state index < -0.39 is 0 Å². The first-order valence-corrected chi connectivity index (χ1v) is 6.68. The molecule has 0 amide bonds. The molecule has 0 bridgehead atoms. The summed E-state index contributed by atoms with van der Waals surface area (Å²) in [7, 11) is 2.08. The number of nitrogens with zero attached hydrogens (tertiary/aromatic N) is 1. The van der Waals surface area contributed by atoms with Crippen molar-refractivity contribution < 1.29 is 5.11 Å². The standard InChI is InChI=1S/C16H29NO/c1-8-9-12-17(7)14(3)15(16(4,5)6)11-10-13(2)18/h10-11,18H,3,8-9,12H2,1-2,4-7H3/b13-10+,15-11+. The monoisotopic (exact) mass is 251 g/mol. The van der Waals surface area contributed by atoms with Crippen LogP contribution in [0.1, 0.15) is 47.5 Å². The van der Waals surface area contributed by atoms with E-state index in [0.29, 0.717) is 5.76 Å². The van der Waals surface area contributed by atoms with Gasteiger partial charge in [0.2, 0.25) is 0 Å². The van der Waals surface area contributed by atoms with Gasteiger partial charge in [-0.1, -0.05) is 46.8 Å². The topological polar surface area (TPSA) is 23.5 Å². The van der Waals surface area contributed by atoms with Crippen LogP contribution in [0.15, 0.2) is 35.8 Å². The Morgan fingerprint density at radius 1 is 1.28 bits per heavy atom. The number of rotatable bonds is 6. The number of likely N-dealkylation sites (N-methyl/N-ethyl adjacent to an activating group) is 1. The minimum atomic E-state index is 0.0174. The molecule has 2 heteroatoms. The van der Waals surface area contributed by atoms with Gasteiger partial charge in [-0.15, -0.1) is 0 Å². The molecular weight excluding hydrogens is 222 g/mol. The van der Waals surface area contributed by atoms with Gasteiger partial charge in [-0.3, -0.25) is 0 Å². The quantitative estimate of drug-likeness (QED) is 0.548. The van der Waals surface area contributed by atoms with Crippen molar-refractivity contribution in [2.24, 2.45) is 5.41 Å². The van der Waals surface area contributed by atoms with Crippen LogP contribution in [0.5, 0.6) is 0 Å². The van der Waals surface area contributed by atoms with Crippen LogP contribution in [0.4, 0.5) is 0 Å². The first-order valence-electron chi connectivity index (χ1n) is 6.68.